The van der Waals surface area contributed by atoms with Gasteiger partial charge in [0, 0.05) is 5.92 Å². The van der Waals surface area contributed by atoms with Crippen LogP contribution < -0.4 is 11.1 Å². The molecule has 0 aromatic heterocycles. The highest BCUT2D eigenvalue weighted by atomic mass is 35.5. The van der Waals surface area contributed by atoms with Gasteiger partial charge in [0.15, 0.2) is 0 Å². The van der Waals surface area contributed by atoms with Gasteiger partial charge in [0.25, 0.3) is 0 Å². The molecule has 3 N–H and O–H groups in total. The van der Waals surface area contributed by atoms with E-state index in [0.29, 0.717) is 10.0 Å². The van der Waals surface area contributed by atoms with Crippen LogP contribution in [-0.2, 0) is 4.79 Å². The molecule has 126 valence electrons. The molecule has 0 aliphatic heterocycles. The summed E-state index contributed by atoms with van der Waals surface area (Å²) in [6.45, 7) is 1.70. The zero-order valence-corrected chi connectivity index (χ0v) is 14.9. The molecule has 1 amide bonds. The van der Waals surface area contributed by atoms with E-state index in [1.54, 1.807) is 6.92 Å². The highest BCUT2D eigenvalue weighted by Crippen LogP contribution is 2.42. The van der Waals surface area contributed by atoms with Crippen LogP contribution in [0, 0.1) is 0 Å². The summed E-state index contributed by atoms with van der Waals surface area (Å²) in [6, 6.07) is 13.5. The van der Waals surface area contributed by atoms with Gasteiger partial charge in [0.05, 0.1) is 22.1 Å². The Morgan fingerprint density at radius 3 is 2.50 bits per heavy atom. The number of amides is 1. The molecule has 0 saturated heterocycles. The number of benzene rings is 2. The maximum absolute atomic E-state index is 12.0. The van der Waals surface area contributed by atoms with Gasteiger partial charge in [-0.15, -0.1) is 0 Å². The van der Waals surface area contributed by atoms with Crippen LogP contribution in [0.1, 0.15) is 48.4 Å². The smallest absolute Gasteiger partial charge is 0.237 e. The van der Waals surface area contributed by atoms with Gasteiger partial charge in [-0.05, 0) is 48.6 Å². The van der Waals surface area contributed by atoms with Crippen molar-refractivity contribution in [1.29, 1.82) is 0 Å². The Kier molecular flexibility index (Phi) is 5.14. The van der Waals surface area contributed by atoms with Crippen LogP contribution in [0.5, 0.6) is 0 Å². The normalized spacial score (nSPS) is 21.0. The van der Waals surface area contributed by atoms with Gasteiger partial charge in [0.1, 0.15) is 0 Å². The number of hydrogen-bond donors (Lipinski definition) is 2. The van der Waals surface area contributed by atoms with Crippen molar-refractivity contribution in [3.63, 3.8) is 0 Å². The molecule has 0 heterocycles. The summed E-state index contributed by atoms with van der Waals surface area (Å²) in [5, 5.41) is 4.19. The van der Waals surface area contributed by atoms with Crippen LogP contribution in [0.4, 0.5) is 0 Å². The number of hydrogen-bond acceptors (Lipinski definition) is 2. The van der Waals surface area contributed by atoms with Crippen molar-refractivity contribution < 1.29 is 4.79 Å². The monoisotopic (exact) mass is 362 g/mol. The van der Waals surface area contributed by atoms with E-state index in [-0.39, 0.29) is 17.9 Å². The van der Waals surface area contributed by atoms with Gasteiger partial charge in [-0.2, -0.15) is 0 Å². The third-order valence-electron chi connectivity index (χ3n) is 4.57. The molecule has 0 fully saturated rings. The molecule has 2 aromatic rings. The molecule has 24 heavy (non-hydrogen) atoms. The van der Waals surface area contributed by atoms with Crippen LogP contribution in [-0.4, -0.2) is 11.9 Å². The summed E-state index contributed by atoms with van der Waals surface area (Å²) in [6.07, 6.45) is 1.79. The zero-order valence-electron chi connectivity index (χ0n) is 13.4. The third kappa shape index (κ3) is 3.44. The van der Waals surface area contributed by atoms with E-state index in [1.807, 2.05) is 30.3 Å². The number of nitrogens with two attached hydrogens (primary N) is 1. The number of fused-ring (bicyclic) bond motifs is 1. The quantitative estimate of drug-likeness (QED) is 0.848. The Bertz CT molecular complexity index is 761. The molecule has 3 atom stereocenters. The van der Waals surface area contributed by atoms with Crippen molar-refractivity contribution in [1.82, 2.24) is 5.32 Å². The topological polar surface area (TPSA) is 55.1 Å². The van der Waals surface area contributed by atoms with Crippen LogP contribution in [0.3, 0.4) is 0 Å². The first-order valence-electron chi connectivity index (χ1n) is 8.07. The van der Waals surface area contributed by atoms with Gasteiger partial charge in [0.2, 0.25) is 5.91 Å². The summed E-state index contributed by atoms with van der Waals surface area (Å²) in [5.74, 6) is 0.127. The largest absolute Gasteiger partial charge is 0.348 e. The lowest BCUT2D eigenvalue weighted by Gasteiger charge is -2.33. The summed E-state index contributed by atoms with van der Waals surface area (Å²) in [4.78, 5) is 12.0. The maximum atomic E-state index is 12.0. The average Bonchev–Trinajstić information content (AvgIpc) is 2.57. The number of rotatable bonds is 3. The molecule has 5 heteroatoms. The Balaban J connectivity index is 1.94. The Hall–Kier alpha value is -1.55. The second-order valence-electron chi connectivity index (χ2n) is 6.28. The molecule has 0 bridgehead atoms. The molecular weight excluding hydrogens is 343 g/mol. The first kappa shape index (κ1) is 17.3. The average molecular weight is 363 g/mol. The highest BCUT2D eigenvalue weighted by Gasteiger charge is 2.29. The van der Waals surface area contributed by atoms with Crippen LogP contribution in [0.25, 0.3) is 0 Å². The lowest BCUT2D eigenvalue weighted by atomic mass is 9.76. The van der Waals surface area contributed by atoms with E-state index < -0.39 is 6.04 Å². The van der Waals surface area contributed by atoms with Crippen molar-refractivity contribution in [2.24, 2.45) is 5.73 Å². The fourth-order valence-electron chi connectivity index (χ4n) is 3.32. The summed E-state index contributed by atoms with van der Waals surface area (Å²) >= 11 is 12.2. The Morgan fingerprint density at radius 1 is 1.12 bits per heavy atom. The Morgan fingerprint density at radius 2 is 1.83 bits per heavy atom. The summed E-state index contributed by atoms with van der Waals surface area (Å²) in [7, 11) is 0. The van der Waals surface area contributed by atoms with Crippen molar-refractivity contribution >= 4 is 29.1 Å². The molecule has 1 aliphatic carbocycles. The first-order valence-corrected chi connectivity index (χ1v) is 8.82. The van der Waals surface area contributed by atoms with Crippen molar-refractivity contribution in [2.45, 2.75) is 37.8 Å². The van der Waals surface area contributed by atoms with Gasteiger partial charge in [-0.1, -0.05) is 53.5 Å². The standard InChI is InChI=1S/C19H20Cl2N2O/c1-11(22)19(24)23-18-9-7-13(14-4-2-3-5-15(14)18)12-6-8-16(20)17(21)10-12/h2-6,8,10-11,13,18H,7,9,22H2,1H3,(H,23,24)/t11-,13?,18?/m0/s1. The van der Waals surface area contributed by atoms with E-state index >= 15 is 0 Å². The number of carbonyl (C=O) groups excluding carboxylic acids is 1. The molecule has 0 saturated carbocycles. The predicted octanol–water partition coefficient (Wildman–Crippen LogP) is 4.42. The zero-order chi connectivity index (χ0) is 17.3. The molecular formula is C19H20Cl2N2O. The van der Waals surface area contributed by atoms with E-state index in [4.69, 9.17) is 28.9 Å². The minimum absolute atomic E-state index is 0.00118. The third-order valence-corrected chi connectivity index (χ3v) is 5.31. The van der Waals surface area contributed by atoms with Crippen LogP contribution >= 0.6 is 23.2 Å². The van der Waals surface area contributed by atoms with Crippen LogP contribution in [0.15, 0.2) is 42.5 Å². The second kappa shape index (κ2) is 7.14. The minimum atomic E-state index is -0.509. The Labute approximate surface area is 152 Å². The van der Waals surface area contributed by atoms with Crippen molar-refractivity contribution in [2.75, 3.05) is 0 Å². The number of nitrogens with one attached hydrogen (secondary N) is 1. The van der Waals surface area contributed by atoms with Crippen molar-refractivity contribution in [3.05, 3.63) is 69.2 Å². The minimum Gasteiger partial charge on any atom is -0.348 e. The fourth-order valence-corrected chi connectivity index (χ4v) is 3.62. The van der Waals surface area contributed by atoms with Gasteiger partial charge in [-0.3, -0.25) is 4.79 Å². The second-order valence-corrected chi connectivity index (χ2v) is 7.10. The van der Waals surface area contributed by atoms with Gasteiger partial charge < -0.3 is 11.1 Å². The molecule has 2 unspecified atom stereocenters. The fraction of sp³-hybridized carbons (Fsp3) is 0.316. The molecule has 3 rings (SSSR count). The first-order chi connectivity index (χ1) is 11.5. The molecule has 3 nitrogen and oxygen atoms in total. The highest BCUT2D eigenvalue weighted by molar-refractivity contribution is 6.42. The van der Waals surface area contributed by atoms with Crippen LogP contribution in [0.2, 0.25) is 10.0 Å². The maximum Gasteiger partial charge on any atom is 0.237 e. The molecule has 0 spiro atoms. The van der Waals surface area contributed by atoms with Crippen molar-refractivity contribution in [3.8, 4) is 0 Å². The number of halogens is 2. The van der Waals surface area contributed by atoms with E-state index in [1.165, 1.54) is 5.56 Å². The summed E-state index contributed by atoms with van der Waals surface area (Å²) < 4.78 is 0. The lowest BCUT2D eigenvalue weighted by molar-refractivity contribution is -0.122. The molecule has 0 radical (unpaired) electrons. The predicted molar refractivity (Wildman–Crippen MR) is 98.5 cm³/mol. The van der Waals surface area contributed by atoms with Gasteiger partial charge in [-0.25, -0.2) is 0 Å². The number of carbonyl (C=O) groups is 1. The van der Waals surface area contributed by atoms with E-state index in [2.05, 4.69) is 17.4 Å². The molecule has 2 aromatic carbocycles. The molecule has 1 aliphatic rings. The lowest BCUT2D eigenvalue weighted by Crippen LogP contribution is -2.41. The van der Waals surface area contributed by atoms with E-state index in [9.17, 15) is 4.79 Å². The summed E-state index contributed by atoms with van der Waals surface area (Å²) in [5.41, 5.74) is 9.20. The SMILES string of the molecule is C[C@H](N)C(=O)NC1CCC(c2ccc(Cl)c(Cl)c2)c2ccccc21. The van der Waals surface area contributed by atoms with Gasteiger partial charge >= 0.3 is 0 Å². The van der Waals surface area contributed by atoms with E-state index in [0.717, 1.165) is 24.0 Å².